The van der Waals surface area contributed by atoms with Gasteiger partial charge < -0.3 is 10.5 Å². The Morgan fingerprint density at radius 1 is 1.28 bits per heavy atom. The maximum absolute atomic E-state index is 5.46. The summed E-state index contributed by atoms with van der Waals surface area (Å²) in [6.07, 6.45) is 1.12. The quantitative estimate of drug-likeness (QED) is 0.795. The van der Waals surface area contributed by atoms with E-state index in [0.29, 0.717) is 6.54 Å². The SMILES string of the molecule is NCC#Cc1cccc(CN2CCCOCC2)c1. The molecule has 1 saturated heterocycles. The molecule has 0 aromatic heterocycles. The normalized spacial score (nSPS) is 16.7. The summed E-state index contributed by atoms with van der Waals surface area (Å²) in [4.78, 5) is 2.43. The van der Waals surface area contributed by atoms with Gasteiger partial charge in [-0.15, -0.1) is 0 Å². The smallest absolute Gasteiger partial charge is 0.0593 e. The lowest BCUT2D eigenvalue weighted by molar-refractivity contribution is 0.140. The second kappa shape index (κ2) is 7.17. The molecule has 1 aliphatic rings. The first kappa shape index (κ1) is 13.1. The highest BCUT2D eigenvalue weighted by Gasteiger charge is 2.09. The lowest BCUT2D eigenvalue weighted by Gasteiger charge is -2.19. The predicted molar refractivity (Wildman–Crippen MR) is 73.1 cm³/mol. The van der Waals surface area contributed by atoms with Crippen LogP contribution in [0.1, 0.15) is 17.5 Å². The first-order valence-electron chi connectivity index (χ1n) is 6.46. The van der Waals surface area contributed by atoms with Crippen molar-refractivity contribution < 1.29 is 4.74 Å². The number of nitrogens with two attached hydrogens (primary N) is 1. The molecule has 3 heteroatoms. The fourth-order valence-electron chi connectivity index (χ4n) is 2.11. The van der Waals surface area contributed by atoms with Crippen molar-refractivity contribution in [2.24, 2.45) is 5.73 Å². The molecule has 0 amide bonds. The fourth-order valence-corrected chi connectivity index (χ4v) is 2.11. The maximum atomic E-state index is 5.46. The van der Waals surface area contributed by atoms with Gasteiger partial charge in [0.1, 0.15) is 0 Å². The van der Waals surface area contributed by atoms with Gasteiger partial charge >= 0.3 is 0 Å². The van der Waals surface area contributed by atoms with Gasteiger partial charge in [-0.05, 0) is 24.1 Å². The van der Waals surface area contributed by atoms with E-state index in [1.165, 1.54) is 5.56 Å². The number of nitrogens with zero attached hydrogens (tertiary/aromatic N) is 1. The molecule has 0 saturated carbocycles. The summed E-state index contributed by atoms with van der Waals surface area (Å²) < 4.78 is 5.46. The molecule has 96 valence electrons. The van der Waals surface area contributed by atoms with Crippen LogP contribution in [-0.4, -0.2) is 37.7 Å². The average Bonchev–Trinajstić information content (AvgIpc) is 2.65. The van der Waals surface area contributed by atoms with E-state index in [9.17, 15) is 0 Å². The third kappa shape index (κ3) is 4.15. The predicted octanol–water partition coefficient (Wildman–Crippen LogP) is 1.22. The number of hydrogen-bond acceptors (Lipinski definition) is 3. The molecule has 1 heterocycles. The summed E-state index contributed by atoms with van der Waals surface area (Å²) >= 11 is 0. The molecule has 0 bridgehead atoms. The van der Waals surface area contributed by atoms with E-state index in [0.717, 1.165) is 44.8 Å². The number of benzene rings is 1. The molecule has 18 heavy (non-hydrogen) atoms. The molecule has 3 nitrogen and oxygen atoms in total. The zero-order chi connectivity index (χ0) is 12.6. The summed E-state index contributed by atoms with van der Waals surface area (Å²) in [6, 6.07) is 8.38. The van der Waals surface area contributed by atoms with Crippen LogP contribution in [0.4, 0.5) is 0 Å². The Morgan fingerprint density at radius 3 is 3.11 bits per heavy atom. The number of ether oxygens (including phenoxy) is 1. The monoisotopic (exact) mass is 244 g/mol. The van der Waals surface area contributed by atoms with Crippen molar-refractivity contribution >= 4 is 0 Å². The van der Waals surface area contributed by atoms with Gasteiger partial charge in [0.05, 0.1) is 13.2 Å². The summed E-state index contributed by atoms with van der Waals surface area (Å²) in [5.41, 5.74) is 7.74. The largest absolute Gasteiger partial charge is 0.380 e. The minimum Gasteiger partial charge on any atom is -0.380 e. The van der Waals surface area contributed by atoms with Crippen molar-refractivity contribution in [2.45, 2.75) is 13.0 Å². The Morgan fingerprint density at radius 2 is 2.22 bits per heavy atom. The minimum atomic E-state index is 0.410. The maximum Gasteiger partial charge on any atom is 0.0593 e. The first-order chi connectivity index (χ1) is 8.88. The van der Waals surface area contributed by atoms with Crippen LogP contribution in [0.25, 0.3) is 0 Å². The van der Waals surface area contributed by atoms with Crippen LogP contribution >= 0.6 is 0 Å². The molecular weight excluding hydrogens is 224 g/mol. The molecule has 2 N–H and O–H groups in total. The third-order valence-electron chi connectivity index (χ3n) is 2.98. The molecule has 0 aliphatic carbocycles. The van der Waals surface area contributed by atoms with Crippen molar-refractivity contribution in [3.63, 3.8) is 0 Å². The van der Waals surface area contributed by atoms with Crippen molar-refractivity contribution in [2.75, 3.05) is 32.8 Å². The highest BCUT2D eigenvalue weighted by molar-refractivity contribution is 5.37. The molecule has 1 aromatic rings. The lowest BCUT2D eigenvalue weighted by atomic mass is 10.1. The van der Waals surface area contributed by atoms with Crippen molar-refractivity contribution in [1.29, 1.82) is 0 Å². The third-order valence-corrected chi connectivity index (χ3v) is 2.98. The highest BCUT2D eigenvalue weighted by atomic mass is 16.5. The summed E-state index contributed by atoms with van der Waals surface area (Å²) in [5.74, 6) is 5.97. The van der Waals surface area contributed by atoms with E-state index in [1.54, 1.807) is 0 Å². The van der Waals surface area contributed by atoms with Crippen LogP contribution in [0.3, 0.4) is 0 Å². The van der Waals surface area contributed by atoms with Crippen molar-refractivity contribution in [3.8, 4) is 11.8 Å². The summed E-state index contributed by atoms with van der Waals surface area (Å²) in [6.45, 7) is 5.23. The second-order valence-corrected chi connectivity index (χ2v) is 4.45. The Bertz CT molecular complexity index is 426. The average molecular weight is 244 g/mol. The summed E-state index contributed by atoms with van der Waals surface area (Å²) in [5, 5.41) is 0. The van der Waals surface area contributed by atoms with Crippen LogP contribution in [0.5, 0.6) is 0 Å². The Balaban J connectivity index is 1.99. The van der Waals surface area contributed by atoms with E-state index >= 15 is 0 Å². The molecule has 1 aliphatic heterocycles. The van der Waals surface area contributed by atoms with Crippen LogP contribution in [0.15, 0.2) is 24.3 Å². The number of rotatable bonds is 2. The van der Waals surface area contributed by atoms with Crippen LogP contribution in [-0.2, 0) is 11.3 Å². The Kier molecular flexibility index (Phi) is 5.22. The second-order valence-electron chi connectivity index (χ2n) is 4.45. The molecule has 2 rings (SSSR count). The topological polar surface area (TPSA) is 38.5 Å². The fraction of sp³-hybridized carbons (Fsp3) is 0.467. The van der Waals surface area contributed by atoms with Crippen LogP contribution in [0, 0.1) is 11.8 Å². The van der Waals surface area contributed by atoms with E-state index in [2.05, 4.69) is 34.9 Å². The Hall–Kier alpha value is -1.34. The Labute approximate surface area is 109 Å². The highest BCUT2D eigenvalue weighted by Crippen LogP contribution is 2.09. The lowest BCUT2D eigenvalue weighted by Crippen LogP contribution is -2.25. The van der Waals surface area contributed by atoms with Gasteiger partial charge in [0.15, 0.2) is 0 Å². The van der Waals surface area contributed by atoms with Gasteiger partial charge in [0.2, 0.25) is 0 Å². The van der Waals surface area contributed by atoms with Gasteiger partial charge in [-0.1, -0.05) is 24.0 Å². The first-order valence-corrected chi connectivity index (χ1v) is 6.46. The van der Waals surface area contributed by atoms with E-state index in [-0.39, 0.29) is 0 Å². The molecule has 1 aromatic carbocycles. The minimum absolute atomic E-state index is 0.410. The molecule has 0 unspecified atom stereocenters. The van der Waals surface area contributed by atoms with E-state index in [1.807, 2.05) is 6.07 Å². The standard InChI is InChI=1S/C15H20N2O/c16-7-2-6-14-4-1-5-15(12-14)13-17-8-3-10-18-11-9-17/h1,4-5,12H,3,7-11,13,16H2. The molecule has 0 atom stereocenters. The zero-order valence-corrected chi connectivity index (χ0v) is 10.7. The molecule has 1 fully saturated rings. The van der Waals surface area contributed by atoms with Gasteiger partial charge in [-0.25, -0.2) is 0 Å². The van der Waals surface area contributed by atoms with Gasteiger partial charge in [-0.2, -0.15) is 0 Å². The van der Waals surface area contributed by atoms with Gasteiger partial charge in [0.25, 0.3) is 0 Å². The van der Waals surface area contributed by atoms with Gasteiger partial charge in [0, 0.05) is 31.8 Å². The van der Waals surface area contributed by atoms with Crippen molar-refractivity contribution in [3.05, 3.63) is 35.4 Å². The molecule has 0 spiro atoms. The van der Waals surface area contributed by atoms with E-state index < -0.39 is 0 Å². The van der Waals surface area contributed by atoms with Crippen LogP contribution in [0.2, 0.25) is 0 Å². The van der Waals surface area contributed by atoms with Gasteiger partial charge in [-0.3, -0.25) is 4.90 Å². The van der Waals surface area contributed by atoms with Crippen molar-refractivity contribution in [1.82, 2.24) is 4.90 Å². The molecule has 0 radical (unpaired) electrons. The molecular formula is C15H20N2O. The number of hydrogen-bond donors (Lipinski definition) is 1. The van der Waals surface area contributed by atoms with Crippen LogP contribution < -0.4 is 5.73 Å². The summed E-state index contributed by atoms with van der Waals surface area (Å²) in [7, 11) is 0. The zero-order valence-electron chi connectivity index (χ0n) is 10.7. The van der Waals surface area contributed by atoms with E-state index in [4.69, 9.17) is 10.5 Å².